The van der Waals surface area contributed by atoms with Gasteiger partial charge in [-0.25, -0.2) is 9.18 Å². The summed E-state index contributed by atoms with van der Waals surface area (Å²) in [6.45, 7) is 3.20. The fraction of sp³-hybridized carbons (Fsp3) is 0.500. The molecule has 3 heterocycles. The van der Waals surface area contributed by atoms with E-state index in [-0.39, 0.29) is 16.1 Å². The Morgan fingerprint density at radius 2 is 2.10 bits per heavy atom. The number of carbonyl (C=O) groups is 1. The minimum Gasteiger partial charge on any atom is -0.478 e. The lowest BCUT2D eigenvalue weighted by Gasteiger charge is -2.45. The molecule has 3 aliphatic rings. The van der Waals surface area contributed by atoms with E-state index >= 15 is 0 Å². The lowest BCUT2D eigenvalue weighted by atomic mass is 9.84. The number of rotatable bonds is 3. The largest absolute Gasteiger partial charge is 0.478 e. The molecule has 4 nitrogen and oxygen atoms in total. The van der Waals surface area contributed by atoms with Gasteiger partial charge in [-0.1, -0.05) is 0 Å². The van der Waals surface area contributed by atoms with Crippen molar-refractivity contribution in [2.24, 2.45) is 5.92 Å². The van der Waals surface area contributed by atoms with E-state index in [1.165, 1.54) is 12.1 Å². The summed E-state index contributed by atoms with van der Waals surface area (Å²) in [6, 6.07) is 3.19. The molecule has 0 aliphatic carbocycles. The SMILES string of the molecule is O=C(O)c1ccc(NC2CN3CCC2CC3)c(F)c1Br. The summed E-state index contributed by atoms with van der Waals surface area (Å²) in [6.07, 6.45) is 2.29. The fourth-order valence-corrected chi connectivity index (χ4v) is 3.67. The van der Waals surface area contributed by atoms with Gasteiger partial charge in [-0.15, -0.1) is 0 Å². The van der Waals surface area contributed by atoms with Crippen LogP contribution in [0.5, 0.6) is 0 Å². The van der Waals surface area contributed by atoms with Gasteiger partial charge in [0, 0.05) is 12.6 Å². The molecule has 0 spiro atoms. The van der Waals surface area contributed by atoms with Crippen LogP contribution in [0.15, 0.2) is 16.6 Å². The Morgan fingerprint density at radius 1 is 1.40 bits per heavy atom. The lowest BCUT2D eigenvalue weighted by Crippen LogP contribution is -2.53. The number of benzene rings is 1. The molecule has 0 radical (unpaired) electrons. The van der Waals surface area contributed by atoms with Crippen molar-refractivity contribution in [2.75, 3.05) is 25.0 Å². The molecule has 3 aliphatic heterocycles. The maximum Gasteiger partial charge on any atom is 0.336 e. The number of fused-ring (bicyclic) bond motifs is 3. The topological polar surface area (TPSA) is 52.6 Å². The summed E-state index contributed by atoms with van der Waals surface area (Å²) in [7, 11) is 0. The number of carboxylic acids is 1. The van der Waals surface area contributed by atoms with Crippen molar-refractivity contribution >= 4 is 27.6 Å². The van der Waals surface area contributed by atoms with Crippen LogP contribution in [0.1, 0.15) is 23.2 Å². The molecule has 1 atom stereocenters. The zero-order valence-electron chi connectivity index (χ0n) is 10.9. The molecular formula is C14H16BrFN2O2. The molecule has 3 saturated heterocycles. The highest BCUT2D eigenvalue weighted by atomic mass is 79.9. The van der Waals surface area contributed by atoms with Gasteiger partial charge in [-0.05, 0) is 59.9 Å². The van der Waals surface area contributed by atoms with Gasteiger partial charge in [0.15, 0.2) is 5.82 Å². The Kier molecular flexibility index (Phi) is 3.69. The second kappa shape index (κ2) is 5.33. The number of piperidine rings is 3. The minimum absolute atomic E-state index is 0.0104. The number of anilines is 1. The van der Waals surface area contributed by atoms with E-state index in [1.807, 2.05) is 0 Å². The van der Waals surface area contributed by atoms with Crippen LogP contribution in [-0.4, -0.2) is 41.7 Å². The molecule has 6 heteroatoms. The summed E-state index contributed by atoms with van der Waals surface area (Å²) < 4.78 is 14.2. The summed E-state index contributed by atoms with van der Waals surface area (Å²) in [5.74, 6) is -1.08. The molecule has 2 bridgehead atoms. The zero-order chi connectivity index (χ0) is 14.3. The first-order valence-corrected chi connectivity index (χ1v) is 7.55. The molecule has 0 saturated carbocycles. The molecule has 3 fully saturated rings. The Bertz CT molecular complexity index is 544. The first-order valence-electron chi connectivity index (χ1n) is 6.76. The molecule has 1 aromatic carbocycles. The predicted octanol–water partition coefficient (Wildman–Crippen LogP) is 2.79. The maximum absolute atomic E-state index is 14.2. The Labute approximate surface area is 125 Å². The van der Waals surface area contributed by atoms with Gasteiger partial charge in [-0.2, -0.15) is 0 Å². The summed E-state index contributed by atoms with van der Waals surface area (Å²) in [5, 5.41) is 12.2. The second-order valence-electron chi connectivity index (χ2n) is 5.48. The maximum atomic E-state index is 14.2. The first-order chi connectivity index (χ1) is 9.56. The zero-order valence-corrected chi connectivity index (χ0v) is 12.5. The third-order valence-corrected chi connectivity index (χ3v) is 5.09. The Morgan fingerprint density at radius 3 is 2.65 bits per heavy atom. The molecule has 1 aromatic rings. The van der Waals surface area contributed by atoms with Crippen LogP contribution in [0.3, 0.4) is 0 Å². The van der Waals surface area contributed by atoms with Crippen LogP contribution in [0.4, 0.5) is 10.1 Å². The van der Waals surface area contributed by atoms with Crippen molar-refractivity contribution in [3.63, 3.8) is 0 Å². The van der Waals surface area contributed by atoms with E-state index in [1.54, 1.807) is 0 Å². The van der Waals surface area contributed by atoms with Crippen molar-refractivity contribution in [1.82, 2.24) is 4.90 Å². The van der Waals surface area contributed by atoms with Crippen LogP contribution < -0.4 is 5.32 Å². The Balaban J connectivity index is 1.81. The van der Waals surface area contributed by atoms with Gasteiger partial charge in [0.2, 0.25) is 0 Å². The van der Waals surface area contributed by atoms with Gasteiger partial charge >= 0.3 is 5.97 Å². The number of carboxylic acid groups (broad SMARTS) is 1. The fourth-order valence-electron chi connectivity index (χ4n) is 3.15. The molecule has 2 N–H and O–H groups in total. The number of hydrogen-bond donors (Lipinski definition) is 2. The molecule has 108 valence electrons. The van der Waals surface area contributed by atoms with Crippen molar-refractivity contribution < 1.29 is 14.3 Å². The summed E-state index contributed by atoms with van der Waals surface area (Å²) >= 11 is 3.03. The molecular weight excluding hydrogens is 327 g/mol. The first kappa shape index (κ1) is 13.8. The van der Waals surface area contributed by atoms with Crippen LogP contribution in [0, 0.1) is 11.7 Å². The van der Waals surface area contributed by atoms with E-state index < -0.39 is 11.8 Å². The van der Waals surface area contributed by atoms with E-state index in [0.29, 0.717) is 11.6 Å². The molecule has 0 amide bonds. The smallest absolute Gasteiger partial charge is 0.336 e. The van der Waals surface area contributed by atoms with E-state index in [9.17, 15) is 9.18 Å². The lowest BCUT2D eigenvalue weighted by molar-refractivity contribution is 0.0695. The number of aromatic carboxylic acids is 1. The van der Waals surface area contributed by atoms with E-state index in [4.69, 9.17) is 5.11 Å². The quantitative estimate of drug-likeness (QED) is 0.886. The van der Waals surface area contributed by atoms with E-state index in [0.717, 1.165) is 32.5 Å². The van der Waals surface area contributed by atoms with Gasteiger partial charge in [0.05, 0.1) is 15.7 Å². The number of halogens is 2. The van der Waals surface area contributed by atoms with Crippen molar-refractivity contribution in [3.8, 4) is 0 Å². The average Bonchev–Trinajstić information content (AvgIpc) is 2.45. The molecule has 1 unspecified atom stereocenters. The van der Waals surface area contributed by atoms with Gasteiger partial charge in [-0.3, -0.25) is 0 Å². The van der Waals surface area contributed by atoms with Crippen LogP contribution in [0.25, 0.3) is 0 Å². The van der Waals surface area contributed by atoms with Crippen LogP contribution in [-0.2, 0) is 0 Å². The third-order valence-electron chi connectivity index (χ3n) is 4.31. The summed E-state index contributed by atoms with van der Waals surface area (Å²) in [4.78, 5) is 13.3. The van der Waals surface area contributed by atoms with Crippen molar-refractivity contribution in [3.05, 3.63) is 28.0 Å². The number of hydrogen-bond acceptors (Lipinski definition) is 3. The van der Waals surface area contributed by atoms with Crippen LogP contribution in [0.2, 0.25) is 0 Å². The molecule has 0 aromatic heterocycles. The normalized spacial score (nSPS) is 28.4. The van der Waals surface area contributed by atoms with E-state index in [2.05, 4.69) is 26.1 Å². The second-order valence-corrected chi connectivity index (χ2v) is 6.28. The standard InChI is InChI=1S/C14H16BrFN2O2/c15-12-9(14(19)20)1-2-10(13(12)16)17-11-7-18-5-3-8(11)4-6-18/h1-2,8,11,17H,3-7H2,(H,19,20). The average molecular weight is 343 g/mol. The highest BCUT2D eigenvalue weighted by molar-refractivity contribution is 9.10. The Hall–Kier alpha value is -1.14. The monoisotopic (exact) mass is 342 g/mol. The van der Waals surface area contributed by atoms with Crippen molar-refractivity contribution in [1.29, 1.82) is 0 Å². The highest BCUT2D eigenvalue weighted by Gasteiger charge is 2.34. The minimum atomic E-state index is -1.13. The highest BCUT2D eigenvalue weighted by Crippen LogP contribution is 2.32. The van der Waals surface area contributed by atoms with Gasteiger partial charge in [0.1, 0.15) is 0 Å². The van der Waals surface area contributed by atoms with Crippen molar-refractivity contribution in [2.45, 2.75) is 18.9 Å². The van der Waals surface area contributed by atoms with Gasteiger partial charge in [0.25, 0.3) is 0 Å². The molecule has 4 rings (SSSR count). The molecule has 20 heavy (non-hydrogen) atoms. The predicted molar refractivity (Wildman–Crippen MR) is 77.6 cm³/mol. The number of nitrogens with one attached hydrogen (secondary N) is 1. The number of nitrogens with zero attached hydrogens (tertiary/aromatic N) is 1. The summed E-state index contributed by atoms with van der Waals surface area (Å²) in [5.41, 5.74) is 0.322. The van der Waals surface area contributed by atoms with Gasteiger partial charge < -0.3 is 15.3 Å². The third kappa shape index (κ3) is 2.42. The van der Waals surface area contributed by atoms with Crippen LogP contribution >= 0.6 is 15.9 Å².